The van der Waals surface area contributed by atoms with Gasteiger partial charge in [0.1, 0.15) is 0 Å². The van der Waals surface area contributed by atoms with Crippen LogP contribution < -0.4 is 5.43 Å². The van der Waals surface area contributed by atoms with Gasteiger partial charge in [0, 0.05) is 43.9 Å². The predicted molar refractivity (Wildman–Crippen MR) is 69.6 cm³/mol. The van der Waals surface area contributed by atoms with Crippen molar-refractivity contribution in [3.63, 3.8) is 0 Å². The molecule has 1 aliphatic rings. The Bertz CT molecular complexity index is 484. The summed E-state index contributed by atoms with van der Waals surface area (Å²) in [5, 5.41) is 12.5. The highest BCUT2D eigenvalue weighted by Gasteiger charge is 2.17. The SMILES string of the molecule is CN1CCN(NC(=O)c2cccc([N+](=O)[O-])c2)CC1. The van der Waals surface area contributed by atoms with Crippen molar-refractivity contribution in [2.75, 3.05) is 33.2 Å². The maximum absolute atomic E-state index is 12.0. The number of hydrazine groups is 1. The molecular formula is C12H16N4O3. The zero-order valence-corrected chi connectivity index (χ0v) is 10.7. The predicted octanol–water partition coefficient (Wildman–Crippen LogP) is 0.487. The molecule has 0 bridgehead atoms. The molecule has 1 aromatic carbocycles. The summed E-state index contributed by atoms with van der Waals surface area (Å²) in [5.74, 6) is -0.312. The summed E-state index contributed by atoms with van der Waals surface area (Å²) in [4.78, 5) is 24.3. The van der Waals surface area contributed by atoms with Gasteiger partial charge in [-0.15, -0.1) is 0 Å². The van der Waals surface area contributed by atoms with E-state index in [0.717, 1.165) is 26.2 Å². The number of carbonyl (C=O) groups is 1. The quantitative estimate of drug-likeness (QED) is 0.635. The van der Waals surface area contributed by atoms with Gasteiger partial charge in [-0.25, -0.2) is 5.01 Å². The van der Waals surface area contributed by atoms with Crippen molar-refractivity contribution in [1.29, 1.82) is 0 Å². The molecule has 19 heavy (non-hydrogen) atoms. The summed E-state index contributed by atoms with van der Waals surface area (Å²) in [5.41, 5.74) is 2.99. The highest BCUT2D eigenvalue weighted by atomic mass is 16.6. The number of benzene rings is 1. The average molecular weight is 264 g/mol. The minimum absolute atomic E-state index is 0.0778. The van der Waals surface area contributed by atoms with Crippen LogP contribution in [0.4, 0.5) is 5.69 Å². The Kier molecular flexibility index (Phi) is 4.08. The van der Waals surface area contributed by atoms with Gasteiger partial charge in [-0.3, -0.25) is 20.3 Å². The summed E-state index contributed by atoms with van der Waals surface area (Å²) in [6.45, 7) is 3.26. The summed E-state index contributed by atoms with van der Waals surface area (Å²) >= 11 is 0. The topological polar surface area (TPSA) is 78.7 Å². The summed E-state index contributed by atoms with van der Waals surface area (Å²) < 4.78 is 0. The summed E-state index contributed by atoms with van der Waals surface area (Å²) in [6.07, 6.45) is 0. The molecule has 0 spiro atoms. The summed E-state index contributed by atoms with van der Waals surface area (Å²) in [6, 6.07) is 5.73. The van der Waals surface area contributed by atoms with E-state index >= 15 is 0 Å². The van der Waals surface area contributed by atoms with E-state index in [9.17, 15) is 14.9 Å². The third-order valence-electron chi connectivity index (χ3n) is 3.08. The molecule has 1 heterocycles. The number of nitro benzene ring substituents is 1. The molecule has 7 heteroatoms. The molecule has 1 fully saturated rings. The molecule has 1 aliphatic heterocycles. The van der Waals surface area contributed by atoms with Crippen molar-refractivity contribution in [2.24, 2.45) is 0 Å². The van der Waals surface area contributed by atoms with Gasteiger partial charge in [-0.2, -0.15) is 0 Å². The first-order valence-electron chi connectivity index (χ1n) is 6.05. The second-order valence-corrected chi connectivity index (χ2v) is 4.54. The lowest BCUT2D eigenvalue weighted by Gasteiger charge is -2.32. The van der Waals surface area contributed by atoms with E-state index in [4.69, 9.17) is 0 Å². The standard InChI is InChI=1S/C12H16N4O3/c1-14-5-7-15(8-6-14)13-12(17)10-3-2-4-11(9-10)16(18)19/h2-4,9H,5-8H2,1H3,(H,13,17). The van der Waals surface area contributed by atoms with E-state index in [1.807, 2.05) is 12.1 Å². The number of hydrogen-bond acceptors (Lipinski definition) is 5. The smallest absolute Gasteiger partial charge is 0.270 e. The van der Waals surface area contributed by atoms with Gasteiger partial charge in [-0.05, 0) is 13.1 Å². The fourth-order valence-corrected chi connectivity index (χ4v) is 1.89. The number of nitrogens with zero attached hydrogens (tertiary/aromatic N) is 3. The molecule has 0 aliphatic carbocycles. The average Bonchev–Trinajstić information content (AvgIpc) is 2.41. The van der Waals surface area contributed by atoms with Gasteiger partial charge in [0.15, 0.2) is 0 Å². The maximum Gasteiger partial charge on any atom is 0.270 e. The number of rotatable bonds is 3. The zero-order chi connectivity index (χ0) is 13.8. The molecule has 1 aromatic rings. The third kappa shape index (κ3) is 3.49. The lowest BCUT2D eigenvalue weighted by atomic mass is 10.2. The number of carbonyl (C=O) groups excluding carboxylic acids is 1. The number of amides is 1. The van der Waals surface area contributed by atoms with E-state index in [0.29, 0.717) is 5.56 Å². The normalized spacial score (nSPS) is 17.1. The highest BCUT2D eigenvalue weighted by Crippen LogP contribution is 2.13. The first kappa shape index (κ1) is 13.4. The number of hydrogen-bond donors (Lipinski definition) is 1. The lowest BCUT2D eigenvalue weighted by Crippen LogP contribution is -2.52. The van der Waals surface area contributed by atoms with Crippen LogP contribution in [-0.4, -0.2) is 54.0 Å². The minimum Gasteiger partial charge on any atom is -0.304 e. The first-order valence-corrected chi connectivity index (χ1v) is 6.05. The van der Waals surface area contributed by atoms with E-state index in [1.165, 1.54) is 18.2 Å². The van der Waals surface area contributed by atoms with Gasteiger partial charge in [0.25, 0.3) is 11.6 Å². The minimum atomic E-state index is -0.507. The van der Waals surface area contributed by atoms with Crippen LogP contribution in [0.15, 0.2) is 24.3 Å². The lowest BCUT2D eigenvalue weighted by molar-refractivity contribution is -0.384. The summed E-state index contributed by atoms with van der Waals surface area (Å²) in [7, 11) is 2.03. The van der Waals surface area contributed by atoms with Crippen molar-refractivity contribution in [2.45, 2.75) is 0 Å². The molecule has 0 radical (unpaired) electrons. The van der Waals surface area contributed by atoms with Crippen LogP contribution in [0, 0.1) is 10.1 Å². The Morgan fingerprint density at radius 3 is 2.63 bits per heavy atom. The molecule has 0 saturated carbocycles. The van der Waals surface area contributed by atoms with Gasteiger partial charge >= 0.3 is 0 Å². The Labute approximate surface area is 110 Å². The number of likely N-dealkylation sites (N-methyl/N-ethyl adjacent to an activating group) is 1. The number of non-ortho nitro benzene ring substituents is 1. The number of nitrogens with one attached hydrogen (secondary N) is 1. The van der Waals surface area contributed by atoms with Gasteiger partial charge in [-0.1, -0.05) is 6.07 Å². The highest BCUT2D eigenvalue weighted by molar-refractivity contribution is 5.94. The molecule has 7 nitrogen and oxygen atoms in total. The largest absolute Gasteiger partial charge is 0.304 e. The Morgan fingerprint density at radius 1 is 1.32 bits per heavy atom. The molecule has 1 amide bonds. The van der Waals surface area contributed by atoms with Crippen LogP contribution in [0.25, 0.3) is 0 Å². The molecule has 102 valence electrons. The van der Waals surface area contributed by atoms with Gasteiger partial charge in [0.2, 0.25) is 0 Å². The van der Waals surface area contributed by atoms with E-state index < -0.39 is 4.92 Å². The molecule has 0 aromatic heterocycles. The number of nitro groups is 1. The van der Waals surface area contributed by atoms with Crippen LogP contribution in [0.2, 0.25) is 0 Å². The van der Waals surface area contributed by atoms with Crippen molar-refractivity contribution in [1.82, 2.24) is 15.3 Å². The Hall–Kier alpha value is -1.99. The molecule has 2 rings (SSSR count). The second kappa shape index (κ2) is 5.77. The monoisotopic (exact) mass is 264 g/mol. The first-order chi connectivity index (χ1) is 9.06. The third-order valence-corrected chi connectivity index (χ3v) is 3.08. The van der Waals surface area contributed by atoms with Crippen molar-refractivity contribution in [3.8, 4) is 0 Å². The molecule has 1 N–H and O–H groups in total. The van der Waals surface area contributed by atoms with Crippen molar-refractivity contribution >= 4 is 11.6 Å². The zero-order valence-electron chi connectivity index (χ0n) is 10.7. The van der Waals surface area contributed by atoms with E-state index in [-0.39, 0.29) is 11.6 Å². The molecule has 1 saturated heterocycles. The Balaban J connectivity index is 2.00. The molecule has 0 atom stereocenters. The molecular weight excluding hydrogens is 248 g/mol. The van der Waals surface area contributed by atoms with E-state index in [2.05, 4.69) is 10.3 Å². The number of piperazine rings is 1. The molecule has 0 unspecified atom stereocenters. The fourth-order valence-electron chi connectivity index (χ4n) is 1.89. The Morgan fingerprint density at radius 2 is 2.00 bits per heavy atom. The van der Waals surface area contributed by atoms with Crippen molar-refractivity contribution in [3.05, 3.63) is 39.9 Å². The van der Waals surface area contributed by atoms with Crippen LogP contribution in [0.1, 0.15) is 10.4 Å². The van der Waals surface area contributed by atoms with E-state index in [1.54, 1.807) is 6.07 Å². The van der Waals surface area contributed by atoms with Crippen molar-refractivity contribution < 1.29 is 9.72 Å². The van der Waals surface area contributed by atoms with Gasteiger partial charge < -0.3 is 4.90 Å². The van der Waals surface area contributed by atoms with Crippen LogP contribution >= 0.6 is 0 Å². The van der Waals surface area contributed by atoms with Crippen LogP contribution in [0.3, 0.4) is 0 Å². The van der Waals surface area contributed by atoms with Crippen LogP contribution in [-0.2, 0) is 0 Å². The fraction of sp³-hybridized carbons (Fsp3) is 0.417. The van der Waals surface area contributed by atoms with Crippen LogP contribution in [0.5, 0.6) is 0 Å². The van der Waals surface area contributed by atoms with Gasteiger partial charge in [0.05, 0.1) is 4.92 Å². The maximum atomic E-state index is 12.0. The second-order valence-electron chi connectivity index (χ2n) is 4.54.